The first-order chi connectivity index (χ1) is 12.6. The molecule has 1 aliphatic heterocycles. The van der Waals surface area contributed by atoms with Crippen LogP contribution in [0.15, 0.2) is 18.2 Å². The van der Waals surface area contributed by atoms with Gasteiger partial charge < -0.3 is 20.1 Å². The molecule has 140 valence electrons. The third-order valence-corrected chi connectivity index (χ3v) is 4.95. The molecule has 3 rings (SSSR count). The monoisotopic (exact) mass is 360 g/mol. The average molecular weight is 360 g/mol. The molecule has 1 aliphatic carbocycles. The molecule has 1 saturated carbocycles. The van der Waals surface area contributed by atoms with Crippen molar-refractivity contribution < 1.29 is 23.9 Å². The lowest BCUT2D eigenvalue weighted by molar-refractivity contribution is -0.146. The number of nitrogens with one attached hydrogen (secondary N) is 2. The van der Waals surface area contributed by atoms with Gasteiger partial charge in [-0.2, -0.15) is 0 Å². The first-order valence-corrected chi connectivity index (χ1v) is 9.02. The summed E-state index contributed by atoms with van der Waals surface area (Å²) in [5, 5.41) is 5.78. The molecule has 26 heavy (non-hydrogen) atoms. The third kappa shape index (κ3) is 4.33. The summed E-state index contributed by atoms with van der Waals surface area (Å²) >= 11 is 0. The number of carbonyl (C=O) groups excluding carboxylic acids is 3. The molecule has 2 amide bonds. The second kappa shape index (κ2) is 8.21. The number of hydrogen-bond acceptors (Lipinski definition) is 5. The van der Waals surface area contributed by atoms with Crippen molar-refractivity contribution in [1.29, 1.82) is 0 Å². The maximum absolute atomic E-state index is 12.6. The van der Waals surface area contributed by atoms with Crippen molar-refractivity contribution in [2.24, 2.45) is 5.92 Å². The molecule has 0 bridgehead atoms. The Bertz CT molecular complexity index is 693. The van der Waals surface area contributed by atoms with E-state index in [2.05, 4.69) is 10.6 Å². The van der Waals surface area contributed by atoms with E-state index in [4.69, 9.17) is 9.47 Å². The Hall–Kier alpha value is -2.57. The highest BCUT2D eigenvalue weighted by Gasteiger charge is 2.24. The lowest BCUT2D eigenvalue weighted by Crippen LogP contribution is -2.36. The van der Waals surface area contributed by atoms with E-state index >= 15 is 0 Å². The van der Waals surface area contributed by atoms with Gasteiger partial charge in [-0.3, -0.25) is 14.4 Å². The Balaban J connectivity index is 1.57. The Morgan fingerprint density at radius 1 is 1.19 bits per heavy atom. The fraction of sp³-hybridized carbons (Fsp3) is 0.526. The highest BCUT2D eigenvalue weighted by molar-refractivity contribution is 5.99. The predicted octanol–water partition coefficient (Wildman–Crippen LogP) is 2.26. The van der Waals surface area contributed by atoms with Crippen LogP contribution in [0.4, 0.5) is 5.69 Å². The van der Waals surface area contributed by atoms with Crippen molar-refractivity contribution >= 4 is 23.5 Å². The van der Waals surface area contributed by atoms with Gasteiger partial charge in [-0.05, 0) is 43.9 Å². The number of esters is 1. The Kier molecular flexibility index (Phi) is 5.75. The number of ether oxygens (including phenoxy) is 2. The van der Waals surface area contributed by atoms with Gasteiger partial charge in [0.15, 0.2) is 6.61 Å². The molecule has 1 heterocycles. The van der Waals surface area contributed by atoms with Gasteiger partial charge in [0, 0.05) is 11.6 Å². The first-order valence-electron chi connectivity index (χ1n) is 9.02. The maximum atomic E-state index is 12.6. The SMILES string of the molecule is COC(=O)C1CCCC(NC(=O)c2ccc3c(c2)NC(=O)CO3)CCC1. The lowest BCUT2D eigenvalue weighted by atomic mass is 9.89. The van der Waals surface area contributed by atoms with E-state index in [9.17, 15) is 14.4 Å². The lowest BCUT2D eigenvalue weighted by Gasteiger charge is -2.24. The van der Waals surface area contributed by atoms with Gasteiger partial charge >= 0.3 is 5.97 Å². The van der Waals surface area contributed by atoms with Crippen LogP contribution in [0.25, 0.3) is 0 Å². The van der Waals surface area contributed by atoms with Gasteiger partial charge in [0.1, 0.15) is 5.75 Å². The van der Waals surface area contributed by atoms with E-state index < -0.39 is 0 Å². The van der Waals surface area contributed by atoms with Crippen LogP contribution in [0.2, 0.25) is 0 Å². The topological polar surface area (TPSA) is 93.7 Å². The normalized spacial score (nSPS) is 22.7. The minimum Gasteiger partial charge on any atom is -0.482 e. The molecule has 2 aliphatic rings. The Morgan fingerprint density at radius 3 is 2.62 bits per heavy atom. The van der Waals surface area contributed by atoms with Crippen molar-refractivity contribution in [3.05, 3.63) is 23.8 Å². The standard InChI is InChI=1S/C19H24N2O5/c1-25-19(24)12-4-2-6-14(7-3-5-12)20-18(23)13-8-9-16-15(10-13)21-17(22)11-26-16/h8-10,12,14H,2-7,11H2,1H3,(H,20,23)(H,21,22). The van der Waals surface area contributed by atoms with E-state index in [1.807, 2.05) is 0 Å². The fourth-order valence-electron chi connectivity index (χ4n) is 3.55. The molecule has 7 nitrogen and oxygen atoms in total. The largest absolute Gasteiger partial charge is 0.482 e. The number of methoxy groups -OCH3 is 1. The molecule has 1 aromatic carbocycles. The molecule has 0 atom stereocenters. The number of anilines is 1. The summed E-state index contributed by atoms with van der Waals surface area (Å²) in [5.74, 6) is 0.0191. The van der Waals surface area contributed by atoms with Gasteiger partial charge in [0.25, 0.3) is 11.8 Å². The van der Waals surface area contributed by atoms with Gasteiger partial charge in [-0.1, -0.05) is 12.8 Å². The van der Waals surface area contributed by atoms with Crippen LogP contribution in [-0.2, 0) is 14.3 Å². The summed E-state index contributed by atoms with van der Waals surface area (Å²) < 4.78 is 10.1. The maximum Gasteiger partial charge on any atom is 0.308 e. The predicted molar refractivity (Wildman–Crippen MR) is 95.0 cm³/mol. The van der Waals surface area contributed by atoms with Gasteiger partial charge in [-0.15, -0.1) is 0 Å². The molecule has 1 aromatic rings. The Labute approximate surface area is 152 Å². The number of carbonyl (C=O) groups is 3. The van der Waals surface area contributed by atoms with Crippen molar-refractivity contribution in [3.63, 3.8) is 0 Å². The molecule has 0 aromatic heterocycles. The zero-order valence-electron chi connectivity index (χ0n) is 14.9. The summed E-state index contributed by atoms with van der Waals surface area (Å²) in [7, 11) is 1.43. The third-order valence-electron chi connectivity index (χ3n) is 4.95. The molecule has 0 unspecified atom stereocenters. The molecule has 0 spiro atoms. The zero-order valence-corrected chi connectivity index (χ0v) is 14.9. The number of benzene rings is 1. The second-order valence-corrected chi connectivity index (χ2v) is 6.80. The van der Waals surface area contributed by atoms with Crippen LogP contribution >= 0.6 is 0 Å². The molecular formula is C19H24N2O5. The van der Waals surface area contributed by atoms with Gasteiger partial charge in [0.2, 0.25) is 0 Å². The van der Waals surface area contributed by atoms with Crippen molar-refractivity contribution in [1.82, 2.24) is 5.32 Å². The Morgan fingerprint density at radius 2 is 1.92 bits per heavy atom. The van der Waals surface area contributed by atoms with E-state index in [1.165, 1.54) is 7.11 Å². The van der Waals surface area contributed by atoms with Crippen LogP contribution in [0, 0.1) is 5.92 Å². The van der Waals surface area contributed by atoms with Crippen molar-refractivity contribution in [2.45, 2.75) is 44.6 Å². The van der Waals surface area contributed by atoms with Crippen LogP contribution in [-0.4, -0.2) is 37.5 Å². The average Bonchev–Trinajstić information content (AvgIpc) is 2.62. The summed E-state index contributed by atoms with van der Waals surface area (Å²) in [6.07, 6.45) is 5.01. The highest BCUT2D eigenvalue weighted by atomic mass is 16.5. The van der Waals surface area contributed by atoms with Gasteiger partial charge in [-0.25, -0.2) is 0 Å². The molecule has 7 heteroatoms. The smallest absolute Gasteiger partial charge is 0.308 e. The van der Waals surface area contributed by atoms with E-state index in [0.717, 1.165) is 38.5 Å². The zero-order chi connectivity index (χ0) is 18.5. The molecule has 0 saturated heterocycles. The number of hydrogen-bond donors (Lipinski definition) is 2. The minimum atomic E-state index is -0.227. The van der Waals surface area contributed by atoms with Crippen LogP contribution < -0.4 is 15.4 Å². The first kappa shape index (κ1) is 18.2. The summed E-state index contributed by atoms with van der Waals surface area (Å²) in [6, 6.07) is 5.12. The second-order valence-electron chi connectivity index (χ2n) is 6.80. The van der Waals surface area contributed by atoms with Crippen LogP contribution in [0.3, 0.4) is 0 Å². The van der Waals surface area contributed by atoms with E-state index in [1.54, 1.807) is 18.2 Å². The van der Waals surface area contributed by atoms with Crippen molar-refractivity contribution in [2.75, 3.05) is 19.0 Å². The number of amides is 2. The summed E-state index contributed by atoms with van der Waals surface area (Å²) in [4.78, 5) is 35.7. The number of rotatable bonds is 3. The molecule has 0 radical (unpaired) electrons. The van der Waals surface area contributed by atoms with Crippen LogP contribution in [0.1, 0.15) is 48.9 Å². The van der Waals surface area contributed by atoms with E-state index in [0.29, 0.717) is 17.0 Å². The molecular weight excluding hydrogens is 336 g/mol. The molecule has 1 fully saturated rings. The van der Waals surface area contributed by atoms with Gasteiger partial charge in [0.05, 0.1) is 18.7 Å². The molecule has 2 N–H and O–H groups in total. The van der Waals surface area contributed by atoms with Crippen LogP contribution in [0.5, 0.6) is 5.75 Å². The summed E-state index contributed by atoms with van der Waals surface area (Å²) in [5.41, 5.74) is 1.01. The minimum absolute atomic E-state index is 0.00676. The van der Waals surface area contributed by atoms with Crippen molar-refractivity contribution in [3.8, 4) is 5.75 Å². The quantitative estimate of drug-likeness (QED) is 0.807. The van der Waals surface area contributed by atoms with E-state index in [-0.39, 0.29) is 36.4 Å². The fourth-order valence-corrected chi connectivity index (χ4v) is 3.55. The highest BCUT2D eigenvalue weighted by Crippen LogP contribution is 2.29. The number of fused-ring (bicyclic) bond motifs is 1. The summed E-state index contributed by atoms with van der Waals surface area (Å²) in [6.45, 7) is -0.00676.